The van der Waals surface area contributed by atoms with Crippen molar-refractivity contribution in [2.45, 2.75) is 51.9 Å². The second-order valence-corrected chi connectivity index (χ2v) is 5.22. The second-order valence-electron chi connectivity index (χ2n) is 5.22. The predicted octanol–water partition coefficient (Wildman–Crippen LogP) is 2.01. The molecule has 3 N–H and O–H groups in total. The van der Waals surface area contributed by atoms with Crippen molar-refractivity contribution in [2.24, 2.45) is 5.73 Å². The summed E-state index contributed by atoms with van der Waals surface area (Å²) in [5, 5.41) is 7.49. The summed E-state index contributed by atoms with van der Waals surface area (Å²) in [5.74, 6) is 0.570. The van der Waals surface area contributed by atoms with Crippen LogP contribution < -0.4 is 10.5 Å². The van der Waals surface area contributed by atoms with Crippen LogP contribution in [0.5, 0.6) is 5.88 Å². The molecule has 0 aromatic carbocycles. The van der Waals surface area contributed by atoms with Crippen LogP contribution >= 0.6 is 0 Å². The van der Waals surface area contributed by atoms with E-state index in [0.29, 0.717) is 11.4 Å². The van der Waals surface area contributed by atoms with Gasteiger partial charge in [0.2, 0.25) is 5.88 Å². The number of rotatable bonds is 3. The van der Waals surface area contributed by atoms with Gasteiger partial charge in [0.25, 0.3) is 0 Å². The van der Waals surface area contributed by atoms with Crippen LogP contribution in [0.2, 0.25) is 0 Å². The van der Waals surface area contributed by atoms with E-state index in [2.05, 4.69) is 18.8 Å². The number of hydrogen-bond acceptors (Lipinski definition) is 4. The number of nitrogens with one attached hydrogen (secondary N) is 1. The van der Waals surface area contributed by atoms with Gasteiger partial charge in [0.05, 0.1) is 12.2 Å². The first-order valence-corrected chi connectivity index (χ1v) is 6.59. The molecular formula is C14H21N3O2. The smallest absolute Gasteiger partial charge is 0.214 e. The molecule has 5 nitrogen and oxygen atoms in total. The molecule has 2 atom stereocenters. The minimum Gasteiger partial charge on any atom is -0.474 e. The van der Waals surface area contributed by atoms with Crippen molar-refractivity contribution in [1.82, 2.24) is 4.98 Å². The molecule has 0 saturated carbocycles. The quantitative estimate of drug-likeness (QED) is 0.645. The van der Waals surface area contributed by atoms with Crippen molar-refractivity contribution in [1.29, 1.82) is 5.41 Å². The maximum Gasteiger partial charge on any atom is 0.214 e. The number of amidine groups is 1. The summed E-state index contributed by atoms with van der Waals surface area (Å²) in [5.41, 5.74) is 6.96. The molecule has 0 radical (unpaired) electrons. The molecule has 1 aromatic rings. The van der Waals surface area contributed by atoms with Gasteiger partial charge in [0.15, 0.2) is 0 Å². The molecule has 104 valence electrons. The average Bonchev–Trinajstić information content (AvgIpc) is 2.26. The number of hydrogen-bond donors (Lipinski definition) is 2. The lowest BCUT2D eigenvalue weighted by Gasteiger charge is -2.32. The summed E-state index contributed by atoms with van der Waals surface area (Å²) in [6, 6.07) is 3.50. The highest BCUT2D eigenvalue weighted by Gasteiger charge is 2.26. The molecular weight excluding hydrogens is 242 g/mol. The van der Waals surface area contributed by atoms with Crippen LogP contribution in [0.3, 0.4) is 0 Å². The number of nitrogens with two attached hydrogens (primary N) is 1. The molecule has 2 rings (SSSR count). The first-order chi connectivity index (χ1) is 8.94. The maximum atomic E-state index is 7.49. The van der Waals surface area contributed by atoms with Gasteiger partial charge in [0.1, 0.15) is 11.9 Å². The normalized spacial score (nSPS) is 27.0. The van der Waals surface area contributed by atoms with Crippen LogP contribution in [-0.4, -0.2) is 29.1 Å². The largest absolute Gasteiger partial charge is 0.474 e. The van der Waals surface area contributed by atoms with Gasteiger partial charge in [-0.05, 0) is 26.8 Å². The fourth-order valence-electron chi connectivity index (χ4n) is 2.47. The molecule has 1 saturated heterocycles. The fourth-order valence-corrected chi connectivity index (χ4v) is 2.47. The second kappa shape index (κ2) is 5.57. The summed E-state index contributed by atoms with van der Waals surface area (Å²) < 4.78 is 11.6. The van der Waals surface area contributed by atoms with Crippen LogP contribution in [0.15, 0.2) is 12.1 Å². The number of nitrogens with zero attached hydrogens (tertiary/aromatic N) is 1. The number of pyridine rings is 1. The van der Waals surface area contributed by atoms with Gasteiger partial charge in [-0.15, -0.1) is 0 Å². The first-order valence-electron chi connectivity index (χ1n) is 6.59. The summed E-state index contributed by atoms with van der Waals surface area (Å²) in [6.45, 7) is 5.97. The zero-order valence-corrected chi connectivity index (χ0v) is 11.6. The van der Waals surface area contributed by atoms with Gasteiger partial charge < -0.3 is 15.2 Å². The zero-order chi connectivity index (χ0) is 14.0. The highest BCUT2D eigenvalue weighted by atomic mass is 16.5. The minimum atomic E-state index is 0.0315. The Balaban J connectivity index is 2.12. The third-order valence-electron chi connectivity index (χ3n) is 3.18. The molecule has 19 heavy (non-hydrogen) atoms. The van der Waals surface area contributed by atoms with E-state index in [4.69, 9.17) is 20.6 Å². The topological polar surface area (TPSA) is 81.2 Å². The van der Waals surface area contributed by atoms with Crippen LogP contribution in [0.25, 0.3) is 0 Å². The van der Waals surface area contributed by atoms with Crippen LogP contribution in [0.1, 0.15) is 37.9 Å². The SMILES string of the molecule is Cc1cc(C(=N)N)cc(OC2CC(C)OC(C)C2)n1. The molecule has 0 amide bonds. The Morgan fingerprint density at radius 2 is 2.00 bits per heavy atom. The molecule has 1 aromatic heterocycles. The zero-order valence-electron chi connectivity index (χ0n) is 11.6. The third kappa shape index (κ3) is 3.67. The Morgan fingerprint density at radius 1 is 1.37 bits per heavy atom. The van der Waals surface area contributed by atoms with Crippen molar-refractivity contribution >= 4 is 5.84 Å². The van der Waals surface area contributed by atoms with Gasteiger partial charge in [-0.25, -0.2) is 4.98 Å². The third-order valence-corrected chi connectivity index (χ3v) is 3.18. The lowest BCUT2D eigenvalue weighted by atomic mass is 10.0. The van der Waals surface area contributed by atoms with Crippen molar-refractivity contribution < 1.29 is 9.47 Å². The van der Waals surface area contributed by atoms with Gasteiger partial charge in [-0.3, -0.25) is 5.41 Å². The van der Waals surface area contributed by atoms with Crippen molar-refractivity contribution in [2.75, 3.05) is 0 Å². The molecule has 0 aliphatic carbocycles. The fraction of sp³-hybridized carbons (Fsp3) is 0.571. The molecule has 2 heterocycles. The minimum absolute atomic E-state index is 0.0315. The van der Waals surface area contributed by atoms with E-state index in [9.17, 15) is 0 Å². The number of aromatic nitrogens is 1. The average molecular weight is 263 g/mol. The Hall–Kier alpha value is -1.62. The van der Waals surface area contributed by atoms with E-state index in [1.54, 1.807) is 12.1 Å². The molecule has 0 bridgehead atoms. The summed E-state index contributed by atoms with van der Waals surface area (Å²) in [4.78, 5) is 4.35. The predicted molar refractivity (Wildman–Crippen MR) is 73.6 cm³/mol. The number of nitrogen functional groups attached to an aromatic ring is 1. The van der Waals surface area contributed by atoms with Crippen molar-refractivity contribution in [3.63, 3.8) is 0 Å². The van der Waals surface area contributed by atoms with Gasteiger partial charge >= 0.3 is 0 Å². The van der Waals surface area contributed by atoms with Crippen LogP contribution in [-0.2, 0) is 4.74 Å². The Kier molecular flexibility index (Phi) is 4.04. The summed E-state index contributed by atoms with van der Waals surface area (Å²) in [6.07, 6.45) is 2.22. The van der Waals surface area contributed by atoms with E-state index >= 15 is 0 Å². The van der Waals surface area contributed by atoms with E-state index in [1.807, 2.05) is 6.92 Å². The molecule has 0 spiro atoms. The summed E-state index contributed by atoms with van der Waals surface area (Å²) in [7, 11) is 0. The first kappa shape index (κ1) is 13.8. The van der Waals surface area contributed by atoms with Crippen molar-refractivity contribution in [3.05, 3.63) is 23.4 Å². The van der Waals surface area contributed by atoms with Gasteiger partial charge in [0, 0.05) is 30.2 Å². The molecule has 1 aliphatic rings. The highest BCUT2D eigenvalue weighted by molar-refractivity contribution is 5.95. The van der Waals surface area contributed by atoms with E-state index < -0.39 is 0 Å². The maximum absolute atomic E-state index is 7.49. The lowest BCUT2D eigenvalue weighted by Crippen LogP contribution is -2.35. The Morgan fingerprint density at radius 3 is 2.58 bits per heavy atom. The van der Waals surface area contributed by atoms with E-state index in [1.165, 1.54) is 0 Å². The van der Waals surface area contributed by atoms with Crippen molar-refractivity contribution in [3.8, 4) is 5.88 Å². The summed E-state index contributed by atoms with van der Waals surface area (Å²) >= 11 is 0. The molecule has 1 aliphatic heterocycles. The van der Waals surface area contributed by atoms with Crippen LogP contribution in [0, 0.1) is 12.3 Å². The van der Waals surface area contributed by atoms with Gasteiger partial charge in [-0.1, -0.05) is 0 Å². The highest BCUT2D eigenvalue weighted by Crippen LogP contribution is 2.24. The monoisotopic (exact) mass is 263 g/mol. The molecule has 2 unspecified atom stereocenters. The van der Waals surface area contributed by atoms with E-state index in [0.717, 1.165) is 18.5 Å². The number of aryl methyl sites for hydroxylation is 1. The van der Waals surface area contributed by atoms with Gasteiger partial charge in [-0.2, -0.15) is 0 Å². The van der Waals surface area contributed by atoms with Crippen LogP contribution in [0.4, 0.5) is 0 Å². The molecule has 5 heteroatoms. The molecule has 1 fully saturated rings. The Labute approximate surface area is 113 Å². The Bertz CT molecular complexity index is 466. The standard InChI is InChI=1S/C14H21N3O2/c1-8-4-11(14(15)16)7-13(17-8)19-12-5-9(2)18-10(3)6-12/h4,7,9-10,12H,5-6H2,1-3H3,(H3,15,16). The lowest BCUT2D eigenvalue weighted by molar-refractivity contribution is -0.0729. The number of ether oxygens (including phenoxy) is 2. The van der Waals surface area contributed by atoms with E-state index in [-0.39, 0.29) is 24.1 Å².